The minimum absolute atomic E-state index is 0.0284. The normalized spacial score (nSPS) is 26.2. The molecule has 8 heteroatoms. The van der Waals surface area contributed by atoms with Crippen LogP contribution in [0.4, 0.5) is 4.79 Å². The number of carbonyl (C=O) groups excluding carboxylic acids is 2. The summed E-state index contributed by atoms with van der Waals surface area (Å²) in [5.41, 5.74) is 1.15. The molecule has 3 aliphatic rings. The van der Waals surface area contributed by atoms with Crippen molar-refractivity contribution in [2.75, 3.05) is 40.8 Å². The molecule has 0 unspecified atom stereocenters. The van der Waals surface area contributed by atoms with Crippen LogP contribution in [0, 0.1) is 5.92 Å². The van der Waals surface area contributed by atoms with Crippen LogP contribution in [0.5, 0.6) is 0 Å². The first kappa shape index (κ1) is 28.9. The van der Waals surface area contributed by atoms with Gasteiger partial charge >= 0.3 is 6.03 Å². The van der Waals surface area contributed by atoms with Gasteiger partial charge in [0.05, 0.1) is 12.6 Å². The minimum Gasteiger partial charge on any atom is -0.497 e. The second kappa shape index (κ2) is 12.4. The van der Waals surface area contributed by atoms with E-state index in [0.29, 0.717) is 30.6 Å². The van der Waals surface area contributed by atoms with Crippen LogP contribution in [0.2, 0.25) is 0 Å². The lowest BCUT2D eigenvalue weighted by molar-refractivity contribution is -0.120. The third kappa shape index (κ3) is 6.06. The summed E-state index contributed by atoms with van der Waals surface area (Å²) >= 11 is 0. The fourth-order valence-corrected chi connectivity index (χ4v) is 6.52. The molecule has 1 N–H and O–H groups in total. The first-order chi connectivity index (χ1) is 18.8. The number of rotatable bonds is 11. The van der Waals surface area contributed by atoms with Gasteiger partial charge < -0.3 is 19.9 Å². The molecule has 8 nitrogen and oxygen atoms in total. The molecule has 1 saturated heterocycles. The summed E-state index contributed by atoms with van der Waals surface area (Å²) in [6.07, 6.45) is 11.2. The fraction of sp³-hybridized carbons (Fsp3) is 0.581. The summed E-state index contributed by atoms with van der Waals surface area (Å²) in [5, 5.41) is 2.79. The monoisotopic (exact) mass is 535 g/mol. The molecule has 3 fully saturated rings. The average molecular weight is 536 g/mol. The Kier molecular flexibility index (Phi) is 9.15. The highest BCUT2D eigenvalue weighted by Crippen LogP contribution is 2.49. The van der Waals surface area contributed by atoms with Gasteiger partial charge in [0.1, 0.15) is 11.6 Å². The van der Waals surface area contributed by atoms with Crippen molar-refractivity contribution in [1.29, 1.82) is 0 Å². The molecule has 0 atom stereocenters. The first-order valence-electron chi connectivity index (χ1n) is 14.2. The van der Waals surface area contributed by atoms with Crippen molar-refractivity contribution in [2.45, 2.75) is 69.4 Å². The van der Waals surface area contributed by atoms with Gasteiger partial charge in [-0.25, -0.2) is 9.79 Å². The van der Waals surface area contributed by atoms with Gasteiger partial charge in [-0.2, -0.15) is 0 Å². The molecule has 2 saturated carbocycles. The number of ether oxygens (including phenoxy) is 1. The second-order valence-corrected chi connectivity index (χ2v) is 11.5. The smallest absolute Gasteiger partial charge is 0.320 e. The van der Waals surface area contributed by atoms with E-state index in [9.17, 15) is 9.59 Å². The third-order valence-electron chi connectivity index (χ3n) is 9.25. The largest absolute Gasteiger partial charge is 0.497 e. The Morgan fingerprint density at radius 3 is 2.44 bits per heavy atom. The number of hydrogen-bond donors (Lipinski definition) is 1. The van der Waals surface area contributed by atoms with Crippen molar-refractivity contribution in [2.24, 2.45) is 10.9 Å². The van der Waals surface area contributed by atoms with Gasteiger partial charge in [0.2, 0.25) is 5.91 Å². The highest BCUT2D eigenvalue weighted by molar-refractivity contribution is 5.81. The number of aliphatic imine (C=N–C) groups is 1. The summed E-state index contributed by atoms with van der Waals surface area (Å²) in [4.78, 5) is 36.9. The summed E-state index contributed by atoms with van der Waals surface area (Å²) in [6, 6.07) is 10.9. The van der Waals surface area contributed by atoms with E-state index < -0.39 is 0 Å². The van der Waals surface area contributed by atoms with Crippen molar-refractivity contribution >= 4 is 18.7 Å². The predicted octanol–water partition coefficient (Wildman–Crippen LogP) is 4.89. The Morgan fingerprint density at radius 1 is 1.21 bits per heavy atom. The standard InChI is InChI=1S/C31H45N5O3/c1-6-26(39-5)21-27(32-2)33-28(37)15-20-35-23-30(36(29(35)38)22-24-11-10-12-24)16-18-31(19-17-30,34(3)4)25-13-8-7-9-14-25/h6-9,13-14,21,24H,2,10-12,15-20,22-23H2,1,3-5H3,(H,33,37)/b26-6+,27-21+/t30-,31+. The molecule has 0 radical (unpaired) electrons. The number of carbonyl (C=O) groups is 2. The molecule has 2 aliphatic carbocycles. The maximum Gasteiger partial charge on any atom is 0.320 e. The molecule has 1 aliphatic heterocycles. The second-order valence-electron chi connectivity index (χ2n) is 11.5. The molecule has 0 aromatic heterocycles. The van der Waals surface area contributed by atoms with Crippen LogP contribution in [0.1, 0.15) is 63.9 Å². The van der Waals surface area contributed by atoms with Gasteiger partial charge in [-0.3, -0.25) is 9.69 Å². The third-order valence-corrected chi connectivity index (χ3v) is 9.25. The number of nitrogens with one attached hydrogen (secondary N) is 1. The van der Waals surface area contributed by atoms with Gasteiger partial charge in [0.25, 0.3) is 0 Å². The average Bonchev–Trinajstić information content (AvgIpc) is 3.18. The molecule has 1 heterocycles. The number of amides is 3. The maximum atomic E-state index is 13.8. The van der Waals surface area contributed by atoms with E-state index in [1.807, 2.05) is 11.8 Å². The number of hydrogen-bond acceptors (Lipinski definition) is 5. The molecule has 1 aromatic carbocycles. The Hall–Kier alpha value is -3.13. The van der Waals surface area contributed by atoms with E-state index in [1.165, 1.54) is 24.8 Å². The van der Waals surface area contributed by atoms with Crippen molar-refractivity contribution in [3.05, 3.63) is 59.6 Å². The molecular weight excluding hydrogens is 490 g/mol. The van der Waals surface area contributed by atoms with Crippen LogP contribution >= 0.6 is 0 Å². The van der Waals surface area contributed by atoms with E-state index in [4.69, 9.17) is 4.74 Å². The lowest BCUT2D eigenvalue weighted by atomic mass is 9.68. The molecule has 3 amide bonds. The summed E-state index contributed by atoms with van der Waals surface area (Å²) < 4.78 is 5.23. The Labute approximate surface area is 233 Å². The lowest BCUT2D eigenvalue weighted by Crippen LogP contribution is -2.56. The van der Waals surface area contributed by atoms with Crippen molar-refractivity contribution < 1.29 is 14.3 Å². The van der Waals surface area contributed by atoms with Crippen molar-refractivity contribution in [1.82, 2.24) is 20.0 Å². The van der Waals surface area contributed by atoms with Gasteiger partial charge in [0, 0.05) is 37.7 Å². The first-order valence-corrected chi connectivity index (χ1v) is 14.2. The number of nitrogens with zero attached hydrogens (tertiary/aromatic N) is 4. The van der Waals surface area contributed by atoms with Gasteiger partial charge in [-0.15, -0.1) is 0 Å². The Morgan fingerprint density at radius 2 is 1.90 bits per heavy atom. The zero-order valence-corrected chi connectivity index (χ0v) is 24.1. The van der Waals surface area contributed by atoms with Gasteiger partial charge in [-0.1, -0.05) is 36.8 Å². The zero-order chi connectivity index (χ0) is 28.0. The topological polar surface area (TPSA) is 77.5 Å². The van der Waals surface area contributed by atoms with Crippen LogP contribution in [0.15, 0.2) is 59.1 Å². The molecular formula is C31H45N5O3. The number of allylic oxidation sites excluding steroid dienone is 2. The summed E-state index contributed by atoms with van der Waals surface area (Å²) in [5.74, 6) is 1.32. The van der Waals surface area contributed by atoms with E-state index >= 15 is 0 Å². The van der Waals surface area contributed by atoms with Crippen molar-refractivity contribution in [3.63, 3.8) is 0 Å². The van der Waals surface area contributed by atoms with Crippen LogP contribution in [0.3, 0.4) is 0 Å². The Balaban J connectivity index is 1.46. The summed E-state index contributed by atoms with van der Waals surface area (Å²) in [7, 11) is 5.91. The SMILES string of the molecule is C=N/C(=C\C(=C/C)OC)NC(=O)CCN1C[C@]2(CC[C@](c3ccccc3)(N(C)C)CC2)N(CC2CCC2)C1=O. The number of methoxy groups -OCH3 is 1. The van der Waals surface area contributed by atoms with E-state index in [0.717, 1.165) is 32.2 Å². The van der Waals surface area contributed by atoms with Crippen molar-refractivity contribution in [3.8, 4) is 0 Å². The van der Waals surface area contributed by atoms with E-state index in [-0.39, 0.29) is 29.4 Å². The highest BCUT2D eigenvalue weighted by Gasteiger charge is 2.54. The molecule has 1 spiro atoms. The number of urea groups is 1. The summed E-state index contributed by atoms with van der Waals surface area (Å²) in [6.45, 7) is 7.29. The molecule has 0 bridgehead atoms. The zero-order valence-electron chi connectivity index (χ0n) is 24.1. The predicted molar refractivity (Wildman–Crippen MR) is 155 cm³/mol. The van der Waals surface area contributed by atoms with Crippen LogP contribution < -0.4 is 5.32 Å². The van der Waals surface area contributed by atoms with Gasteiger partial charge in [0.15, 0.2) is 0 Å². The minimum atomic E-state index is -0.196. The molecule has 39 heavy (non-hydrogen) atoms. The molecule has 212 valence electrons. The Bertz CT molecular complexity index is 1080. The quantitative estimate of drug-likeness (QED) is 0.249. The number of benzene rings is 1. The van der Waals surface area contributed by atoms with Crippen LogP contribution in [-0.4, -0.2) is 79.7 Å². The van der Waals surface area contributed by atoms with E-state index in [2.05, 4.69) is 71.3 Å². The van der Waals surface area contributed by atoms with Crippen LogP contribution in [0.25, 0.3) is 0 Å². The highest BCUT2D eigenvalue weighted by atomic mass is 16.5. The van der Waals surface area contributed by atoms with Crippen LogP contribution in [-0.2, 0) is 15.1 Å². The lowest BCUT2D eigenvalue weighted by Gasteiger charge is -2.51. The van der Waals surface area contributed by atoms with Gasteiger partial charge in [-0.05, 0) is 83.8 Å². The molecule has 1 aromatic rings. The van der Waals surface area contributed by atoms with E-state index in [1.54, 1.807) is 19.3 Å². The molecule has 4 rings (SSSR count). The maximum absolute atomic E-state index is 13.8. The fourth-order valence-electron chi connectivity index (χ4n) is 6.52.